The van der Waals surface area contributed by atoms with Gasteiger partial charge in [0.15, 0.2) is 0 Å². The molecule has 1 aromatic rings. The van der Waals surface area contributed by atoms with Crippen molar-refractivity contribution in [3.05, 3.63) is 28.2 Å². The number of hydrogen-bond donors (Lipinski definition) is 2. The Labute approximate surface area is 134 Å². The predicted octanol–water partition coefficient (Wildman–Crippen LogP) is 2.54. The second-order valence-corrected chi connectivity index (χ2v) is 6.06. The minimum Gasteiger partial charge on any atom is -0.327 e. The number of hydrogen-bond acceptors (Lipinski definition) is 3. The van der Waals surface area contributed by atoms with Gasteiger partial charge in [0.1, 0.15) is 0 Å². The Bertz CT molecular complexity index is 470. The minimum atomic E-state index is 0. The lowest BCUT2D eigenvalue weighted by Crippen LogP contribution is -2.45. The molecular weight excluding hydrogens is 342 g/mol. The Morgan fingerprint density at radius 3 is 2.95 bits per heavy atom. The van der Waals surface area contributed by atoms with E-state index in [1.165, 1.54) is 0 Å². The highest BCUT2D eigenvalue weighted by Crippen LogP contribution is 2.20. The minimum absolute atomic E-state index is 0. The lowest BCUT2D eigenvalue weighted by molar-refractivity contribution is -0.117. The van der Waals surface area contributed by atoms with Crippen molar-refractivity contribution in [3.8, 4) is 0 Å². The highest BCUT2D eigenvalue weighted by Gasteiger charge is 2.18. The van der Waals surface area contributed by atoms with Crippen molar-refractivity contribution in [2.75, 3.05) is 25.0 Å². The molecule has 1 fully saturated rings. The van der Waals surface area contributed by atoms with Crippen molar-refractivity contribution < 1.29 is 4.79 Å². The summed E-state index contributed by atoms with van der Waals surface area (Å²) in [4.78, 5) is 14.1. The van der Waals surface area contributed by atoms with E-state index in [1.54, 1.807) is 0 Å². The van der Waals surface area contributed by atoms with Crippen LogP contribution in [-0.2, 0) is 4.79 Å². The van der Waals surface area contributed by atoms with Crippen LogP contribution in [0.3, 0.4) is 0 Å². The van der Waals surface area contributed by atoms with Gasteiger partial charge in [0.2, 0.25) is 5.91 Å². The fourth-order valence-corrected chi connectivity index (χ4v) is 2.87. The number of nitrogens with two attached hydrogens (primary N) is 1. The van der Waals surface area contributed by atoms with Crippen LogP contribution < -0.4 is 11.1 Å². The summed E-state index contributed by atoms with van der Waals surface area (Å²) < 4.78 is 1.02. The zero-order valence-electron chi connectivity index (χ0n) is 11.6. The summed E-state index contributed by atoms with van der Waals surface area (Å²) >= 11 is 3.41. The molecule has 1 aromatic carbocycles. The molecule has 1 heterocycles. The molecule has 1 saturated heterocycles. The van der Waals surface area contributed by atoms with Crippen LogP contribution in [0.5, 0.6) is 0 Å². The molecule has 1 atom stereocenters. The molecule has 0 spiro atoms. The van der Waals surface area contributed by atoms with E-state index in [4.69, 9.17) is 5.73 Å². The van der Waals surface area contributed by atoms with Gasteiger partial charge in [-0.05, 0) is 50.1 Å². The predicted molar refractivity (Wildman–Crippen MR) is 88.4 cm³/mol. The van der Waals surface area contributed by atoms with Gasteiger partial charge in [-0.25, -0.2) is 0 Å². The second kappa shape index (κ2) is 7.98. The molecule has 1 amide bonds. The van der Waals surface area contributed by atoms with Crippen LogP contribution >= 0.6 is 28.3 Å². The normalized spacial score (nSPS) is 19.2. The van der Waals surface area contributed by atoms with Gasteiger partial charge in [-0.3, -0.25) is 9.69 Å². The molecule has 0 aliphatic carbocycles. The Hall–Kier alpha value is -0.620. The largest absolute Gasteiger partial charge is 0.327 e. The summed E-state index contributed by atoms with van der Waals surface area (Å²) in [5.74, 6) is 0.0273. The highest BCUT2D eigenvalue weighted by molar-refractivity contribution is 9.10. The lowest BCUT2D eigenvalue weighted by Gasteiger charge is -2.30. The van der Waals surface area contributed by atoms with Crippen LogP contribution in [0.15, 0.2) is 22.7 Å². The molecule has 2 rings (SSSR count). The molecule has 1 aliphatic heterocycles. The van der Waals surface area contributed by atoms with Gasteiger partial charge in [0.25, 0.3) is 0 Å². The van der Waals surface area contributed by atoms with Crippen LogP contribution in [0.4, 0.5) is 5.69 Å². The molecule has 0 saturated carbocycles. The number of aryl methyl sites for hydroxylation is 1. The smallest absolute Gasteiger partial charge is 0.238 e. The summed E-state index contributed by atoms with van der Waals surface area (Å²) in [5.41, 5.74) is 7.84. The molecular formula is C14H21BrClN3O. The number of carbonyl (C=O) groups is 1. The van der Waals surface area contributed by atoms with Crippen LogP contribution in [0, 0.1) is 6.92 Å². The summed E-state index contributed by atoms with van der Waals surface area (Å²) in [5, 5.41) is 2.96. The number of anilines is 1. The Balaban J connectivity index is 0.00000200. The van der Waals surface area contributed by atoms with Crippen molar-refractivity contribution in [1.29, 1.82) is 0 Å². The number of piperidine rings is 1. The maximum atomic E-state index is 12.0. The third kappa shape index (κ3) is 5.05. The maximum absolute atomic E-state index is 12.0. The van der Waals surface area contributed by atoms with Gasteiger partial charge in [-0.15, -0.1) is 12.4 Å². The Morgan fingerprint density at radius 2 is 2.30 bits per heavy atom. The molecule has 0 radical (unpaired) electrons. The fourth-order valence-electron chi connectivity index (χ4n) is 2.40. The van der Waals surface area contributed by atoms with Crippen molar-refractivity contribution in [2.24, 2.45) is 5.73 Å². The molecule has 6 heteroatoms. The van der Waals surface area contributed by atoms with E-state index < -0.39 is 0 Å². The summed E-state index contributed by atoms with van der Waals surface area (Å²) in [6.45, 7) is 4.17. The standard InChI is InChI=1S/C14H20BrN3O.ClH/c1-10-7-11(15)4-5-13(10)17-14(19)9-18-6-2-3-12(16)8-18;/h4-5,7,12H,2-3,6,8-9,16H2,1H3,(H,17,19);1H/t12-;/m1./s1. The van der Waals surface area contributed by atoms with Crippen molar-refractivity contribution in [1.82, 2.24) is 4.90 Å². The Kier molecular flexibility index (Phi) is 6.95. The zero-order valence-corrected chi connectivity index (χ0v) is 14.0. The fraction of sp³-hybridized carbons (Fsp3) is 0.500. The van der Waals surface area contributed by atoms with E-state index in [-0.39, 0.29) is 24.4 Å². The zero-order chi connectivity index (χ0) is 13.8. The number of benzene rings is 1. The number of amides is 1. The molecule has 112 valence electrons. The van der Waals surface area contributed by atoms with E-state index >= 15 is 0 Å². The summed E-state index contributed by atoms with van der Waals surface area (Å²) in [6, 6.07) is 6.04. The molecule has 1 aliphatic rings. The molecule has 4 nitrogen and oxygen atoms in total. The van der Waals surface area contributed by atoms with Gasteiger partial charge in [-0.2, -0.15) is 0 Å². The van der Waals surface area contributed by atoms with E-state index in [0.717, 1.165) is 41.7 Å². The molecule has 3 N–H and O–H groups in total. The first kappa shape index (κ1) is 17.4. The van der Waals surface area contributed by atoms with Crippen molar-refractivity contribution in [2.45, 2.75) is 25.8 Å². The summed E-state index contributed by atoms with van der Waals surface area (Å²) in [7, 11) is 0. The topological polar surface area (TPSA) is 58.4 Å². The average molecular weight is 363 g/mol. The molecule has 0 bridgehead atoms. The average Bonchev–Trinajstić information content (AvgIpc) is 2.33. The van der Waals surface area contributed by atoms with Crippen molar-refractivity contribution in [3.63, 3.8) is 0 Å². The lowest BCUT2D eigenvalue weighted by atomic mass is 10.1. The monoisotopic (exact) mass is 361 g/mol. The molecule has 20 heavy (non-hydrogen) atoms. The van der Waals surface area contributed by atoms with E-state index in [1.807, 2.05) is 25.1 Å². The van der Waals surface area contributed by atoms with Gasteiger partial charge in [-0.1, -0.05) is 15.9 Å². The number of nitrogens with one attached hydrogen (secondary N) is 1. The van der Waals surface area contributed by atoms with Gasteiger partial charge >= 0.3 is 0 Å². The van der Waals surface area contributed by atoms with Gasteiger partial charge < -0.3 is 11.1 Å². The van der Waals surface area contributed by atoms with Crippen LogP contribution in [0.25, 0.3) is 0 Å². The first-order valence-corrected chi connectivity index (χ1v) is 7.38. The van der Waals surface area contributed by atoms with Crippen molar-refractivity contribution >= 4 is 39.9 Å². The number of nitrogens with zero attached hydrogens (tertiary/aromatic N) is 1. The molecule has 0 aromatic heterocycles. The first-order valence-electron chi connectivity index (χ1n) is 6.58. The first-order chi connectivity index (χ1) is 9.04. The van der Waals surface area contributed by atoms with Gasteiger partial charge in [0.05, 0.1) is 6.54 Å². The summed E-state index contributed by atoms with van der Waals surface area (Å²) in [6.07, 6.45) is 2.13. The highest BCUT2D eigenvalue weighted by atomic mass is 79.9. The van der Waals surface area contributed by atoms with E-state index in [2.05, 4.69) is 26.1 Å². The van der Waals surface area contributed by atoms with E-state index in [0.29, 0.717) is 6.54 Å². The third-order valence-corrected chi connectivity index (χ3v) is 3.86. The van der Waals surface area contributed by atoms with Crippen LogP contribution in [0.1, 0.15) is 18.4 Å². The van der Waals surface area contributed by atoms with Gasteiger partial charge in [0, 0.05) is 22.7 Å². The third-order valence-electron chi connectivity index (χ3n) is 3.37. The van der Waals surface area contributed by atoms with E-state index in [9.17, 15) is 4.79 Å². The molecule has 0 unspecified atom stereocenters. The number of halogens is 2. The quantitative estimate of drug-likeness (QED) is 0.869. The second-order valence-electron chi connectivity index (χ2n) is 5.14. The van der Waals surface area contributed by atoms with Crippen LogP contribution in [0.2, 0.25) is 0 Å². The van der Waals surface area contributed by atoms with Crippen LogP contribution in [-0.4, -0.2) is 36.5 Å². The number of carbonyl (C=O) groups excluding carboxylic acids is 1. The SMILES string of the molecule is Cc1cc(Br)ccc1NC(=O)CN1CCC[C@@H](N)C1.Cl. The number of likely N-dealkylation sites (tertiary alicyclic amines) is 1. The maximum Gasteiger partial charge on any atom is 0.238 e. The Morgan fingerprint density at radius 1 is 1.55 bits per heavy atom. The number of rotatable bonds is 3.